The van der Waals surface area contributed by atoms with Gasteiger partial charge < -0.3 is 24.0 Å². The van der Waals surface area contributed by atoms with E-state index >= 15 is 0 Å². The molecule has 0 bridgehead atoms. The molecular weight excluding hydrogens is 741 g/mol. The van der Waals surface area contributed by atoms with E-state index in [9.17, 15) is 24.2 Å². The Kier molecular flexibility index (Phi) is 31.0. The van der Waals surface area contributed by atoms with Crippen molar-refractivity contribution in [1.29, 1.82) is 0 Å². The van der Waals surface area contributed by atoms with Crippen LogP contribution < -0.4 is 0 Å². The third-order valence-corrected chi connectivity index (χ3v) is 10.9. The smallest absolute Gasteiger partial charge is 0.472 e. The first-order chi connectivity index (χ1) is 27.4. The first-order valence-corrected chi connectivity index (χ1v) is 23.6. The van der Waals surface area contributed by atoms with E-state index in [1.807, 2.05) is 51.5 Å². The molecule has 1 aliphatic carbocycles. The maximum absolute atomic E-state index is 12.6. The van der Waals surface area contributed by atoms with Gasteiger partial charge in [-0.1, -0.05) is 121 Å². The van der Waals surface area contributed by atoms with Crippen LogP contribution in [0.1, 0.15) is 149 Å². The summed E-state index contributed by atoms with van der Waals surface area (Å²) in [5, 5.41) is 10.2. The Labute approximate surface area is 347 Å². The Balaban J connectivity index is 2.44. The van der Waals surface area contributed by atoms with Gasteiger partial charge in [-0.25, -0.2) is 4.57 Å². The van der Waals surface area contributed by atoms with E-state index in [4.69, 9.17) is 18.5 Å². The van der Waals surface area contributed by atoms with Gasteiger partial charge in [0.1, 0.15) is 19.8 Å². The number of phosphoric ester groups is 1. The average Bonchev–Trinajstić information content (AvgIpc) is 3.51. The molecule has 0 spiro atoms. The van der Waals surface area contributed by atoms with E-state index in [1.165, 1.54) is 64.2 Å². The predicted molar refractivity (Wildman–Crippen MR) is 232 cm³/mol. The second-order valence-corrected chi connectivity index (χ2v) is 17.9. The standard InChI is InChI=1S/C46H80NO9P/c1-6-8-10-11-12-13-14-15-16-17-18-19-20-21-24-28-37-53-43(40-56-57(51,52)55-38-36-47(3,4)5)39-54-46(50)31-27-23-22-26-29-41-32-35-45(49)44(41)34-33-42(48)30-25-9-7-2/h13-14,22,26,28,32-35,37,41-44,48H,6-12,15-21,23-25,27,29-31,36,38-40H2,1-5H3/p+1/b14-13-,26-22-,34-33+,37-28+/t41-,42-,43+,44+/m0/s1. The summed E-state index contributed by atoms with van der Waals surface area (Å²) in [6.07, 6.45) is 39.8. The molecule has 0 heterocycles. The molecule has 0 aromatic carbocycles. The van der Waals surface area contributed by atoms with Gasteiger partial charge in [-0.2, -0.15) is 0 Å². The van der Waals surface area contributed by atoms with Crippen LogP contribution >= 0.6 is 7.82 Å². The number of ketones is 1. The van der Waals surface area contributed by atoms with Crippen LogP contribution in [0, 0.1) is 11.8 Å². The lowest BCUT2D eigenvalue weighted by Crippen LogP contribution is -2.37. The summed E-state index contributed by atoms with van der Waals surface area (Å²) < 4.78 is 34.7. The minimum atomic E-state index is -4.32. The molecule has 0 saturated carbocycles. The van der Waals surface area contributed by atoms with Crippen LogP contribution in [0.4, 0.5) is 0 Å². The largest absolute Gasteiger partial charge is 0.492 e. The van der Waals surface area contributed by atoms with Crippen LogP contribution in [0.2, 0.25) is 0 Å². The van der Waals surface area contributed by atoms with Crippen molar-refractivity contribution in [1.82, 2.24) is 0 Å². The normalized spacial score (nSPS) is 18.4. The van der Waals surface area contributed by atoms with Crippen molar-refractivity contribution in [3.8, 4) is 0 Å². The minimum absolute atomic E-state index is 0.0544. The first kappa shape index (κ1) is 52.7. The lowest BCUT2D eigenvalue weighted by Gasteiger charge is -2.24. The molecule has 1 unspecified atom stereocenters. The summed E-state index contributed by atoms with van der Waals surface area (Å²) >= 11 is 0. The van der Waals surface area contributed by atoms with Crippen molar-refractivity contribution in [3.63, 3.8) is 0 Å². The fourth-order valence-corrected chi connectivity index (χ4v) is 6.97. The molecule has 0 amide bonds. The van der Waals surface area contributed by atoms with Crippen molar-refractivity contribution >= 4 is 19.6 Å². The van der Waals surface area contributed by atoms with Gasteiger partial charge in [-0.05, 0) is 82.3 Å². The Bertz CT molecular complexity index is 1240. The highest BCUT2D eigenvalue weighted by molar-refractivity contribution is 7.47. The Morgan fingerprint density at radius 1 is 0.807 bits per heavy atom. The Morgan fingerprint density at radius 2 is 1.40 bits per heavy atom. The van der Waals surface area contributed by atoms with Crippen molar-refractivity contribution in [2.75, 3.05) is 47.5 Å². The van der Waals surface area contributed by atoms with Crippen LogP contribution in [-0.4, -0.2) is 86.0 Å². The molecule has 1 aliphatic rings. The number of phosphoric acid groups is 1. The number of esters is 1. The molecule has 10 nitrogen and oxygen atoms in total. The van der Waals surface area contributed by atoms with Crippen molar-refractivity contribution < 1.29 is 47.2 Å². The summed E-state index contributed by atoms with van der Waals surface area (Å²) in [6.45, 7) is 4.55. The second-order valence-electron chi connectivity index (χ2n) is 16.4. The van der Waals surface area contributed by atoms with Crippen LogP contribution in [0.3, 0.4) is 0 Å². The van der Waals surface area contributed by atoms with Gasteiger partial charge in [-0.3, -0.25) is 18.6 Å². The number of carbonyl (C=O) groups is 2. The molecule has 2 N–H and O–H groups in total. The molecule has 0 fully saturated rings. The molecule has 0 aromatic rings. The Hall–Kier alpha value is -2.33. The zero-order chi connectivity index (χ0) is 42.0. The van der Waals surface area contributed by atoms with Crippen LogP contribution in [0.15, 0.2) is 60.9 Å². The fraction of sp³-hybridized carbons (Fsp3) is 0.739. The van der Waals surface area contributed by atoms with Gasteiger partial charge >= 0.3 is 13.8 Å². The van der Waals surface area contributed by atoms with Crippen molar-refractivity contribution in [3.05, 3.63) is 60.9 Å². The molecule has 328 valence electrons. The molecule has 0 aliphatic heterocycles. The molecule has 11 heteroatoms. The number of allylic oxidation sites excluding steroid dienone is 8. The number of aliphatic hydroxyl groups is 1. The second kappa shape index (κ2) is 33.5. The topological polar surface area (TPSA) is 129 Å². The van der Waals surface area contributed by atoms with E-state index in [1.54, 1.807) is 18.4 Å². The summed E-state index contributed by atoms with van der Waals surface area (Å²) in [4.78, 5) is 35.2. The molecule has 0 aromatic heterocycles. The van der Waals surface area contributed by atoms with Crippen LogP contribution in [0.5, 0.6) is 0 Å². The van der Waals surface area contributed by atoms with E-state index in [0.717, 1.165) is 38.5 Å². The third kappa shape index (κ3) is 31.3. The number of hydrogen-bond donors (Lipinski definition) is 2. The summed E-state index contributed by atoms with van der Waals surface area (Å²) in [7, 11) is 1.55. The van der Waals surface area contributed by atoms with Gasteiger partial charge in [0.05, 0.1) is 40.1 Å². The SMILES string of the molecule is CCCCCC/C=C\CCCCCCCC/C=C/O[C@H](COC(=O)CCC/C=C\C[C@H]1C=CC(=O)[C@@H]1/C=C/[C@@H](O)CCCCC)COP(=O)(O)OCC[N+](C)(C)C. The first-order valence-electron chi connectivity index (χ1n) is 22.1. The highest BCUT2D eigenvalue weighted by Gasteiger charge is 2.27. The number of nitrogens with zero attached hydrogens (tertiary/aromatic N) is 1. The quantitative estimate of drug-likeness (QED) is 0.0157. The summed E-state index contributed by atoms with van der Waals surface area (Å²) in [5.74, 6) is -0.525. The number of ether oxygens (including phenoxy) is 2. The lowest BCUT2D eigenvalue weighted by molar-refractivity contribution is -0.870. The van der Waals surface area contributed by atoms with Gasteiger partial charge in [0, 0.05) is 12.3 Å². The van der Waals surface area contributed by atoms with Crippen LogP contribution in [0.25, 0.3) is 0 Å². The Morgan fingerprint density at radius 3 is 2.07 bits per heavy atom. The van der Waals surface area contributed by atoms with Gasteiger partial charge in [0.15, 0.2) is 11.9 Å². The lowest BCUT2D eigenvalue weighted by atomic mass is 9.90. The van der Waals surface area contributed by atoms with Gasteiger partial charge in [0.25, 0.3) is 0 Å². The number of carbonyl (C=O) groups excluding carboxylic acids is 2. The average molecular weight is 823 g/mol. The van der Waals surface area contributed by atoms with Gasteiger partial charge in [-0.15, -0.1) is 0 Å². The van der Waals surface area contributed by atoms with Crippen molar-refractivity contribution in [2.45, 2.75) is 161 Å². The van der Waals surface area contributed by atoms with Crippen molar-refractivity contribution in [2.24, 2.45) is 11.8 Å². The van der Waals surface area contributed by atoms with E-state index < -0.39 is 26.0 Å². The maximum atomic E-state index is 12.6. The van der Waals surface area contributed by atoms with Gasteiger partial charge in [0.2, 0.25) is 0 Å². The van der Waals surface area contributed by atoms with E-state index in [0.29, 0.717) is 36.7 Å². The molecule has 0 radical (unpaired) electrons. The number of hydrogen-bond acceptors (Lipinski definition) is 8. The van der Waals surface area contributed by atoms with Crippen LogP contribution in [-0.2, 0) is 32.7 Å². The molecular formula is C46H81NO9P+. The highest BCUT2D eigenvalue weighted by Crippen LogP contribution is 2.43. The zero-order valence-electron chi connectivity index (χ0n) is 36.4. The maximum Gasteiger partial charge on any atom is 0.472 e. The summed E-state index contributed by atoms with van der Waals surface area (Å²) in [5.41, 5.74) is 0. The summed E-state index contributed by atoms with van der Waals surface area (Å²) in [6, 6.07) is 0. The number of quaternary nitrogens is 1. The van der Waals surface area contributed by atoms with E-state index in [-0.39, 0.29) is 43.9 Å². The highest BCUT2D eigenvalue weighted by atomic mass is 31.2. The zero-order valence-corrected chi connectivity index (χ0v) is 37.3. The molecule has 57 heavy (non-hydrogen) atoms. The molecule has 0 saturated heterocycles. The fourth-order valence-electron chi connectivity index (χ4n) is 6.23. The third-order valence-electron chi connectivity index (χ3n) is 9.89. The van der Waals surface area contributed by atoms with E-state index in [2.05, 4.69) is 26.0 Å². The molecule has 1 rings (SSSR count). The predicted octanol–water partition coefficient (Wildman–Crippen LogP) is 10.9. The molecule has 5 atom stereocenters. The number of likely N-dealkylation sites (N-methyl/N-ethyl adjacent to an activating group) is 1. The number of unbranched alkanes of at least 4 members (excludes halogenated alkanes) is 14. The number of aliphatic hydroxyl groups excluding tert-OH is 1. The monoisotopic (exact) mass is 823 g/mol. The minimum Gasteiger partial charge on any atom is -0.492 e. The number of rotatable bonds is 37.